The summed E-state index contributed by atoms with van der Waals surface area (Å²) in [6.45, 7) is 4.31. The molecule has 0 aromatic carbocycles. The number of sulfone groups is 1. The maximum Gasteiger partial charge on any atom is 0.151 e. The first-order valence-corrected chi connectivity index (χ1v) is 7.36. The molecule has 0 amide bonds. The largest absolute Gasteiger partial charge is 0.301 e. The number of halogens is 1. The molecule has 0 bridgehead atoms. The minimum Gasteiger partial charge on any atom is -0.301 e. The van der Waals surface area contributed by atoms with Gasteiger partial charge in [0.15, 0.2) is 9.84 Å². The van der Waals surface area contributed by atoms with Gasteiger partial charge in [0.2, 0.25) is 0 Å². The summed E-state index contributed by atoms with van der Waals surface area (Å²) in [6.07, 6.45) is 1.69. The van der Waals surface area contributed by atoms with Crippen molar-refractivity contribution in [1.82, 2.24) is 4.90 Å². The van der Waals surface area contributed by atoms with Crippen LogP contribution in [0.1, 0.15) is 19.8 Å². The van der Waals surface area contributed by atoms with Gasteiger partial charge in [0.25, 0.3) is 0 Å². The van der Waals surface area contributed by atoms with Crippen molar-refractivity contribution in [1.29, 1.82) is 0 Å². The Bertz CT molecular complexity index is 266. The average Bonchev–Trinajstić information content (AvgIpc) is 2.48. The van der Waals surface area contributed by atoms with E-state index in [2.05, 4.69) is 4.90 Å². The number of rotatable bonds is 5. The smallest absolute Gasteiger partial charge is 0.151 e. The predicted octanol–water partition coefficient (Wildman–Crippen LogP) is 1.12. The lowest BCUT2D eigenvalue weighted by Crippen LogP contribution is -2.28. The average molecular weight is 240 g/mol. The second kappa shape index (κ2) is 5.33. The Balaban J connectivity index is 2.26. The van der Waals surface area contributed by atoms with Crippen LogP contribution in [0.3, 0.4) is 0 Å². The van der Waals surface area contributed by atoms with Crippen LogP contribution in [0.5, 0.6) is 0 Å². The summed E-state index contributed by atoms with van der Waals surface area (Å²) in [5.74, 6) is 0.593. The summed E-state index contributed by atoms with van der Waals surface area (Å²) < 4.78 is 22.8. The summed E-state index contributed by atoms with van der Waals surface area (Å²) in [6, 6.07) is 0. The molecule has 1 aliphatic rings. The third kappa shape index (κ3) is 4.15. The van der Waals surface area contributed by atoms with E-state index in [4.69, 9.17) is 11.6 Å². The predicted molar refractivity (Wildman–Crippen MR) is 59.6 cm³/mol. The summed E-state index contributed by atoms with van der Waals surface area (Å²) in [5.41, 5.74) is 0. The van der Waals surface area contributed by atoms with E-state index in [1.54, 1.807) is 0 Å². The van der Waals surface area contributed by atoms with Gasteiger partial charge in [-0.25, -0.2) is 8.42 Å². The standard InChI is InChI=1S/C9H18ClNO2S/c1-2-6-14(12,13)7-5-11-4-3-9(10)8-11/h9H,2-8H2,1H3. The van der Waals surface area contributed by atoms with Gasteiger partial charge in [0.05, 0.1) is 5.75 Å². The van der Waals surface area contributed by atoms with Gasteiger partial charge in [-0.3, -0.25) is 0 Å². The highest BCUT2D eigenvalue weighted by Gasteiger charge is 2.21. The van der Waals surface area contributed by atoms with Gasteiger partial charge < -0.3 is 4.90 Å². The third-order valence-corrected chi connectivity index (χ3v) is 4.64. The molecule has 1 atom stereocenters. The van der Waals surface area contributed by atoms with Gasteiger partial charge in [-0.1, -0.05) is 6.92 Å². The number of hydrogen-bond acceptors (Lipinski definition) is 3. The van der Waals surface area contributed by atoms with E-state index in [0.717, 1.165) is 19.5 Å². The van der Waals surface area contributed by atoms with Crippen molar-refractivity contribution in [3.05, 3.63) is 0 Å². The number of nitrogens with zero attached hydrogens (tertiary/aromatic N) is 1. The molecule has 0 N–H and O–H groups in total. The van der Waals surface area contributed by atoms with Gasteiger partial charge in [-0.05, 0) is 19.4 Å². The first-order valence-electron chi connectivity index (χ1n) is 5.10. The second-order valence-corrected chi connectivity index (χ2v) is 6.76. The fourth-order valence-electron chi connectivity index (χ4n) is 1.67. The summed E-state index contributed by atoms with van der Waals surface area (Å²) in [7, 11) is -2.82. The molecule has 0 spiro atoms. The van der Waals surface area contributed by atoms with Gasteiger partial charge >= 0.3 is 0 Å². The Morgan fingerprint density at radius 2 is 2.14 bits per heavy atom. The Morgan fingerprint density at radius 1 is 1.43 bits per heavy atom. The van der Waals surface area contributed by atoms with Gasteiger partial charge in [0.1, 0.15) is 0 Å². The van der Waals surface area contributed by atoms with Crippen molar-refractivity contribution in [2.75, 3.05) is 31.1 Å². The minimum atomic E-state index is -2.82. The zero-order valence-corrected chi connectivity index (χ0v) is 10.1. The van der Waals surface area contributed by atoms with E-state index in [0.29, 0.717) is 18.7 Å². The lowest BCUT2D eigenvalue weighted by Gasteiger charge is -2.14. The molecule has 0 radical (unpaired) electrons. The van der Waals surface area contributed by atoms with E-state index in [1.807, 2.05) is 6.92 Å². The highest BCUT2D eigenvalue weighted by Crippen LogP contribution is 2.14. The molecule has 5 heteroatoms. The van der Waals surface area contributed by atoms with Crippen molar-refractivity contribution in [2.24, 2.45) is 0 Å². The first-order chi connectivity index (χ1) is 6.53. The SMILES string of the molecule is CCCS(=O)(=O)CCN1CCC(Cl)C1. The van der Waals surface area contributed by atoms with Crippen LogP contribution in [0.4, 0.5) is 0 Å². The van der Waals surface area contributed by atoms with Crippen LogP contribution in [0.15, 0.2) is 0 Å². The van der Waals surface area contributed by atoms with Crippen LogP contribution in [-0.4, -0.2) is 49.8 Å². The Morgan fingerprint density at radius 3 is 2.64 bits per heavy atom. The Kier molecular flexibility index (Phi) is 4.67. The van der Waals surface area contributed by atoms with E-state index in [-0.39, 0.29) is 11.1 Å². The van der Waals surface area contributed by atoms with Crippen LogP contribution >= 0.6 is 11.6 Å². The Labute approximate surface area is 91.3 Å². The van der Waals surface area contributed by atoms with E-state index < -0.39 is 9.84 Å². The van der Waals surface area contributed by atoms with Gasteiger partial charge in [0, 0.05) is 24.2 Å². The first kappa shape index (κ1) is 12.3. The number of alkyl halides is 1. The molecule has 84 valence electrons. The summed E-state index contributed by atoms with van der Waals surface area (Å²) in [4.78, 5) is 2.13. The van der Waals surface area contributed by atoms with Crippen LogP contribution in [0, 0.1) is 0 Å². The fourth-order valence-corrected chi connectivity index (χ4v) is 3.33. The van der Waals surface area contributed by atoms with E-state index >= 15 is 0 Å². The van der Waals surface area contributed by atoms with Crippen molar-refractivity contribution >= 4 is 21.4 Å². The molecule has 1 saturated heterocycles. The summed E-state index contributed by atoms with van der Waals surface area (Å²) >= 11 is 5.93. The minimum absolute atomic E-state index is 0.212. The molecular formula is C9H18ClNO2S. The zero-order valence-electron chi connectivity index (χ0n) is 8.58. The molecule has 1 fully saturated rings. The molecule has 1 aliphatic heterocycles. The maximum atomic E-state index is 11.4. The van der Waals surface area contributed by atoms with Crippen molar-refractivity contribution in [3.8, 4) is 0 Å². The quantitative estimate of drug-likeness (QED) is 0.675. The Hall–Kier alpha value is 0.200. The fraction of sp³-hybridized carbons (Fsp3) is 1.00. The van der Waals surface area contributed by atoms with Crippen LogP contribution in [0.2, 0.25) is 0 Å². The van der Waals surface area contributed by atoms with Crippen molar-refractivity contribution in [2.45, 2.75) is 25.1 Å². The molecular weight excluding hydrogens is 222 g/mol. The second-order valence-electron chi connectivity index (χ2n) is 3.84. The van der Waals surface area contributed by atoms with E-state index in [9.17, 15) is 8.42 Å². The molecule has 1 heterocycles. The van der Waals surface area contributed by atoms with Crippen LogP contribution < -0.4 is 0 Å². The number of hydrogen-bond donors (Lipinski definition) is 0. The molecule has 14 heavy (non-hydrogen) atoms. The molecule has 1 unspecified atom stereocenters. The maximum absolute atomic E-state index is 11.4. The van der Waals surface area contributed by atoms with E-state index in [1.165, 1.54) is 0 Å². The van der Waals surface area contributed by atoms with Crippen molar-refractivity contribution in [3.63, 3.8) is 0 Å². The van der Waals surface area contributed by atoms with Gasteiger partial charge in [-0.2, -0.15) is 0 Å². The molecule has 0 aliphatic carbocycles. The molecule has 3 nitrogen and oxygen atoms in total. The highest BCUT2D eigenvalue weighted by atomic mass is 35.5. The third-order valence-electron chi connectivity index (χ3n) is 2.45. The lowest BCUT2D eigenvalue weighted by atomic mass is 10.4. The lowest BCUT2D eigenvalue weighted by molar-refractivity contribution is 0.359. The van der Waals surface area contributed by atoms with Crippen molar-refractivity contribution < 1.29 is 8.42 Å². The topological polar surface area (TPSA) is 37.4 Å². The number of likely N-dealkylation sites (tertiary alicyclic amines) is 1. The normalized spacial score (nSPS) is 24.3. The molecule has 0 aromatic rings. The van der Waals surface area contributed by atoms with Crippen LogP contribution in [-0.2, 0) is 9.84 Å². The highest BCUT2D eigenvalue weighted by molar-refractivity contribution is 7.91. The zero-order chi connectivity index (χ0) is 10.6. The molecule has 0 saturated carbocycles. The van der Waals surface area contributed by atoms with Crippen LogP contribution in [0.25, 0.3) is 0 Å². The molecule has 0 aromatic heterocycles. The molecule has 1 rings (SSSR count). The monoisotopic (exact) mass is 239 g/mol. The summed E-state index contributed by atoms with van der Waals surface area (Å²) in [5, 5.41) is 0.212. The van der Waals surface area contributed by atoms with Gasteiger partial charge in [-0.15, -0.1) is 11.6 Å².